The molecule has 3 rings (SSSR count). The maximum Gasteiger partial charge on any atom is 0.222 e. The van der Waals surface area contributed by atoms with Crippen LogP contribution in [0.1, 0.15) is 56.8 Å². The first kappa shape index (κ1) is 18.4. The van der Waals surface area contributed by atoms with E-state index >= 15 is 0 Å². The number of hydrogen-bond donors (Lipinski definition) is 1. The molecule has 2 aliphatic rings. The number of benzene rings is 1. The number of carbonyl (C=O) groups excluding carboxylic acids is 1. The minimum Gasteiger partial charge on any atom is -0.387 e. The molecular formula is C21H32N2O2. The molecule has 1 amide bonds. The zero-order valence-electron chi connectivity index (χ0n) is 15.7. The summed E-state index contributed by atoms with van der Waals surface area (Å²) >= 11 is 0. The fourth-order valence-corrected chi connectivity index (χ4v) is 4.52. The summed E-state index contributed by atoms with van der Waals surface area (Å²) in [6.07, 6.45) is 4.59. The summed E-state index contributed by atoms with van der Waals surface area (Å²) in [5.41, 5.74) is 2.41. The second-order valence-corrected chi connectivity index (χ2v) is 7.50. The lowest BCUT2D eigenvalue weighted by Crippen LogP contribution is -2.43. The standard InChI is InChI=1S/C21H32N2O2/c1-3-22(4-2)20(24)10-9-16-11-13-23(14-12-16)19-15-17-7-5-6-8-18(17)21(19)25/h5-8,16,19,21,25H,3-4,9-15H2,1-2H3/t19-,21+/m1/s1. The van der Waals surface area contributed by atoms with Gasteiger partial charge in [0.05, 0.1) is 6.10 Å². The van der Waals surface area contributed by atoms with Crippen LogP contribution in [0.25, 0.3) is 0 Å². The second kappa shape index (κ2) is 8.33. The Morgan fingerprint density at radius 1 is 1.20 bits per heavy atom. The molecule has 1 aromatic carbocycles. The smallest absolute Gasteiger partial charge is 0.222 e. The van der Waals surface area contributed by atoms with Gasteiger partial charge in [-0.05, 0) is 69.7 Å². The van der Waals surface area contributed by atoms with E-state index in [4.69, 9.17) is 0 Å². The zero-order chi connectivity index (χ0) is 17.8. The monoisotopic (exact) mass is 344 g/mol. The Labute approximate surface area is 151 Å². The Morgan fingerprint density at radius 3 is 2.52 bits per heavy atom. The summed E-state index contributed by atoms with van der Waals surface area (Å²) in [6, 6.07) is 8.52. The van der Waals surface area contributed by atoms with E-state index in [1.807, 2.05) is 24.8 Å². The molecule has 25 heavy (non-hydrogen) atoms. The third-order valence-electron chi connectivity index (χ3n) is 6.17. The van der Waals surface area contributed by atoms with E-state index in [9.17, 15) is 9.90 Å². The summed E-state index contributed by atoms with van der Waals surface area (Å²) in [6.45, 7) is 7.80. The van der Waals surface area contributed by atoms with E-state index in [2.05, 4.69) is 23.1 Å². The van der Waals surface area contributed by atoms with Crippen LogP contribution in [0.5, 0.6) is 0 Å². The van der Waals surface area contributed by atoms with Crippen molar-refractivity contribution < 1.29 is 9.90 Å². The Balaban J connectivity index is 1.46. The minimum atomic E-state index is -0.350. The number of aliphatic hydroxyl groups excluding tert-OH is 1. The van der Waals surface area contributed by atoms with Gasteiger partial charge in [0, 0.05) is 25.6 Å². The van der Waals surface area contributed by atoms with Crippen LogP contribution in [-0.2, 0) is 11.2 Å². The average Bonchev–Trinajstić information content (AvgIpc) is 2.98. The van der Waals surface area contributed by atoms with Gasteiger partial charge in [0.25, 0.3) is 0 Å². The van der Waals surface area contributed by atoms with Crippen molar-refractivity contribution in [1.82, 2.24) is 9.80 Å². The van der Waals surface area contributed by atoms with E-state index < -0.39 is 0 Å². The van der Waals surface area contributed by atoms with Crippen molar-refractivity contribution in [2.24, 2.45) is 5.92 Å². The molecule has 1 aliphatic heterocycles. The number of nitrogens with zero attached hydrogens (tertiary/aromatic N) is 2. The van der Waals surface area contributed by atoms with Gasteiger partial charge in [0.15, 0.2) is 0 Å². The van der Waals surface area contributed by atoms with Gasteiger partial charge in [-0.25, -0.2) is 0 Å². The van der Waals surface area contributed by atoms with Crippen molar-refractivity contribution >= 4 is 5.91 Å². The van der Waals surface area contributed by atoms with E-state index in [-0.39, 0.29) is 12.1 Å². The first-order valence-corrected chi connectivity index (χ1v) is 9.91. The minimum absolute atomic E-state index is 0.232. The molecule has 1 fully saturated rings. The molecule has 1 saturated heterocycles. The molecule has 1 aromatic rings. The van der Waals surface area contributed by atoms with Crippen LogP contribution in [-0.4, -0.2) is 53.0 Å². The maximum atomic E-state index is 12.2. The van der Waals surface area contributed by atoms with Crippen LogP contribution in [0.2, 0.25) is 0 Å². The SMILES string of the molecule is CCN(CC)C(=O)CCC1CCN([C@@H]2Cc3ccccc3[C@@H]2O)CC1. The molecular weight excluding hydrogens is 312 g/mol. The molecule has 1 aliphatic carbocycles. The molecule has 2 atom stereocenters. The van der Waals surface area contributed by atoms with Crippen LogP contribution < -0.4 is 0 Å². The Hall–Kier alpha value is -1.39. The molecule has 0 bridgehead atoms. The third-order valence-corrected chi connectivity index (χ3v) is 6.17. The van der Waals surface area contributed by atoms with Crippen molar-refractivity contribution in [1.29, 1.82) is 0 Å². The van der Waals surface area contributed by atoms with Crippen LogP contribution in [0.4, 0.5) is 0 Å². The first-order valence-electron chi connectivity index (χ1n) is 9.91. The lowest BCUT2D eigenvalue weighted by Gasteiger charge is -2.37. The number of carbonyl (C=O) groups is 1. The summed E-state index contributed by atoms with van der Waals surface area (Å²) in [5.74, 6) is 0.950. The number of fused-ring (bicyclic) bond motifs is 1. The molecule has 138 valence electrons. The molecule has 0 unspecified atom stereocenters. The van der Waals surface area contributed by atoms with Crippen molar-refractivity contribution in [3.05, 3.63) is 35.4 Å². The fraction of sp³-hybridized carbons (Fsp3) is 0.667. The molecule has 1 heterocycles. The normalized spacial score (nSPS) is 24.3. The van der Waals surface area contributed by atoms with Crippen LogP contribution in [0.3, 0.4) is 0 Å². The highest BCUT2D eigenvalue weighted by atomic mass is 16.3. The zero-order valence-corrected chi connectivity index (χ0v) is 15.7. The van der Waals surface area contributed by atoms with E-state index in [1.54, 1.807) is 0 Å². The van der Waals surface area contributed by atoms with Crippen molar-refractivity contribution in [2.45, 2.75) is 58.1 Å². The van der Waals surface area contributed by atoms with Gasteiger partial charge in [-0.1, -0.05) is 24.3 Å². The van der Waals surface area contributed by atoms with Gasteiger partial charge in [-0.2, -0.15) is 0 Å². The quantitative estimate of drug-likeness (QED) is 0.863. The topological polar surface area (TPSA) is 43.8 Å². The Kier molecular flexibility index (Phi) is 6.13. The van der Waals surface area contributed by atoms with Gasteiger partial charge < -0.3 is 10.0 Å². The molecule has 1 N–H and O–H groups in total. The highest BCUT2D eigenvalue weighted by Gasteiger charge is 2.36. The largest absolute Gasteiger partial charge is 0.387 e. The lowest BCUT2D eigenvalue weighted by atomic mass is 9.90. The number of likely N-dealkylation sites (tertiary alicyclic amines) is 1. The molecule has 0 radical (unpaired) electrons. The molecule has 0 aromatic heterocycles. The number of rotatable bonds is 6. The predicted molar refractivity (Wildman–Crippen MR) is 100 cm³/mol. The van der Waals surface area contributed by atoms with Gasteiger partial charge >= 0.3 is 0 Å². The van der Waals surface area contributed by atoms with E-state index in [0.717, 1.165) is 57.4 Å². The number of hydrogen-bond acceptors (Lipinski definition) is 3. The summed E-state index contributed by atoms with van der Waals surface area (Å²) in [7, 11) is 0. The summed E-state index contributed by atoms with van der Waals surface area (Å²) < 4.78 is 0. The van der Waals surface area contributed by atoms with Crippen molar-refractivity contribution in [3.8, 4) is 0 Å². The fourth-order valence-electron chi connectivity index (χ4n) is 4.52. The predicted octanol–water partition coefficient (Wildman–Crippen LogP) is 3.01. The Morgan fingerprint density at radius 2 is 1.88 bits per heavy atom. The van der Waals surface area contributed by atoms with Crippen LogP contribution >= 0.6 is 0 Å². The number of amides is 1. The van der Waals surface area contributed by atoms with E-state index in [0.29, 0.717) is 18.2 Å². The van der Waals surface area contributed by atoms with Gasteiger partial charge in [0.1, 0.15) is 0 Å². The first-order chi connectivity index (χ1) is 12.1. The molecule has 0 saturated carbocycles. The van der Waals surface area contributed by atoms with Crippen molar-refractivity contribution in [3.63, 3.8) is 0 Å². The molecule has 4 heteroatoms. The van der Waals surface area contributed by atoms with Gasteiger partial charge in [-0.3, -0.25) is 9.69 Å². The summed E-state index contributed by atoms with van der Waals surface area (Å²) in [5, 5.41) is 10.7. The second-order valence-electron chi connectivity index (χ2n) is 7.50. The molecule has 0 spiro atoms. The Bertz CT molecular complexity index is 577. The average molecular weight is 344 g/mol. The maximum absolute atomic E-state index is 12.2. The van der Waals surface area contributed by atoms with Gasteiger partial charge in [0.2, 0.25) is 5.91 Å². The van der Waals surface area contributed by atoms with E-state index in [1.165, 1.54) is 5.56 Å². The number of aliphatic hydroxyl groups is 1. The molecule has 4 nitrogen and oxygen atoms in total. The summed E-state index contributed by atoms with van der Waals surface area (Å²) in [4.78, 5) is 16.6. The highest BCUT2D eigenvalue weighted by Crippen LogP contribution is 2.36. The van der Waals surface area contributed by atoms with Crippen LogP contribution in [0.15, 0.2) is 24.3 Å². The van der Waals surface area contributed by atoms with Gasteiger partial charge in [-0.15, -0.1) is 0 Å². The van der Waals surface area contributed by atoms with Crippen molar-refractivity contribution in [2.75, 3.05) is 26.2 Å². The number of piperidine rings is 1. The highest BCUT2D eigenvalue weighted by molar-refractivity contribution is 5.76. The van der Waals surface area contributed by atoms with Crippen LogP contribution in [0, 0.1) is 5.92 Å². The third kappa shape index (κ3) is 4.06. The lowest BCUT2D eigenvalue weighted by molar-refractivity contribution is -0.131.